The summed E-state index contributed by atoms with van der Waals surface area (Å²) in [5.74, 6) is -0.303. The second-order valence-corrected chi connectivity index (χ2v) is 3.17. The molecule has 14 heavy (non-hydrogen) atoms. The third-order valence-corrected chi connectivity index (χ3v) is 2.28. The van der Waals surface area contributed by atoms with Gasteiger partial charge in [0.1, 0.15) is 5.69 Å². The van der Waals surface area contributed by atoms with Crippen molar-refractivity contribution in [2.24, 2.45) is 0 Å². The zero-order valence-corrected chi connectivity index (χ0v) is 8.09. The monoisotopic (exact) mass is 195 g/mol. The molecule has 76 valence electrons. The number of H-pyrrole nitrogens is 1. The van der Waals surface area contributed by atoms with E-state index in [1.54, 1.807) is 6.92 Å². The summed E-state index contributed by atoms with van der Waals surface area (Å²) in [4.78, 5) is 11.5. The third kappa shape index (κ3) is 1.50. The van der Waals surface area contributed by atoms with E-state index < -0.39 is 0 Å². The lowest BCUT2D eigenvalue weighted by molar-refractivity contribution is 0.0518. The number of nitrogens with zero attached hydrogens (tertiary/aromatic N) is 1. The Morgan fingerprint density at radius 1 is 1.64 bits per heavy atom. The molecule has 0 saturated carbocycles. The summed E-state index contributed by atoms with van der Waals surface area (Å²) in [6.45, 7) is 3.80. The second kappa shape index (κ2) is 3.79. The van der Waals surface area contributed by atoms with Gasteiger partial charge in [-0.05, 0) is 19.9 Å². The first-order valence-corrected chi connectivity index (χ1v) is 4.77. The van der Waals surface area contributed by atoms with E-state index in [1.165, 1.54) is 0 Å². The highest BCUT2D eigenvalue weighted by Gasteiger charge is 2.21. The van der Waals surface area contributed by atoms with Crippen molar-refractivity contribution in [2.45, 2.75) is 19.9 Å². The molecule has 0 radical (unpaired) electrons. The van der Waals surface area contributed by atoms with E-state index in [0.29, 0.717) is 12.3 Å². The maximum atomic E-state index is 11.5. The van der Waals surface area contributed by atoms with Crippen LogP contribution in [0.2, 0.25) is 0 Å². The highest BCUT2D eigenvalue weighted by atomic mass is 16.5. The minimum absolute atomic E-state index is 0.303. The van der Waals surface area contributed by atoms with Gasteiger partial charge in [-0.3, -0.25) is 5.10 Å². The summed E-state index contributed by atoms with van der Waals surface area (Å²) >= 11 is 0. The Morgan fingerprint density at radius 3 is 3.29 bits per heavy atom. The van der Waals surface area contributed by atoms with E-state index >= 15 is 0 Å². The normalized spacial score (nSPS) is 14.9. The van der Waals surface area contributed by atoms with Gasteiger partial charge in [-0.2, -0.15) is 5.10 Å². The van der Waals surface area contributed by atoms with E-state index in [-0.39, 0.29) is 5.97 Å². The molecular formula is C9H13N3O2. The summed E-state index contributed by atoms with van der Waals surface area (Å²) in [6, 6.07) is 0. The Labute approximate surface area is 81.8 Å². The van der Waals surface area contributed by atoms with Crippen molar-refractivity contribution in [3.05, 3.63) is 17.0 Å². The molecule has 2 rings (SSSR count). The molecular weight excluding hydrogens is 182 g/mol. The van der Waals surface area contributed by atoms with Crippen molar-refractivity contribution in [3.8, 4) is 0 Å². The number of ether oxygens (including phenoxy) is 1. The largest absolute Gasteiger partial charge is 0.461 e. The van der Waals surface area contributed by atoms with E-state index in [2.05, 4.69) is 15.5 Å². The van der Waals surface area contributed by atoms with Crippen LogP contribution in [0.4, 0.5) is 0 Å². The van der Waals surface area contributed by atoms with Gasteiger partial charge in [-0.25, -0.2) is 4.79 Å². The number of rotatable bonds is 2. The summed E-state index contributed by atoms with van der Waals surface area (Å²) in [5, 5.41) is 10.00. The first-order chi connectivity index (χ1) is 6.83. The van der Waals surface area contributed by atoms with Gasteiger partial charge in [0.15, 0.2) is 0 Å². The molecule has 5 heteroatoms. The summed E-state index contributed by atoms with van der Waals surface area (Å²) in [5.41, 5.74) is 2.45. The van der Waals surface area contributed by atoms with Crippen LogP contribution in [-0.2, 0) is 17.7 Å². The van der Waals surface area contributed by atoms with E-state index in [1.807, 2.05) is 0 Å². The highest BCUT2D eigenvalue weighted by molar-refractivity contribution is 5.89. The van der Waals surface area contributed by atoms with E-state index in [9.17, 15) is 4.79 Å². The van der Waals surface area contributed by atoms with Crippen molar-refractivity contribution in [1.29, 1.82) is 0 Å². The number of fused-ring (bicyclic) bond motifs is 1. The van der Waals surface area contributed by atoms with Gasteiger partial charge in [-0.15, -0.1) is 0 Å². The SMILES string of the molecule is CCOC(=O)c1[nH]nc2c1CCNC2. The topological polar surface area (TPSA) is 67.0 Å². The molecule has 1 aliphatic heterocycles. The molecule has 0 bridgehead atoms. The molecule has 0 unspecified atom stereocenters. The van der Waals surface area contributed by atoms with Gasteiger partial charge in [0, 0.05) is 12.1 Å². The predicted molar refractivity (Wildman–Crippen MR) is 50.0 cm³/mol. The van der Waals surface area contributed by atoms with Crippen molar-refractivity contribution in [1.82, 2.24) is 15.5 Å². The van der Waals surface area contributed by atoms with Gasteiger partial charge >= 0.3 is 5.97 Å². The Bertz CT molecular complexity index is 346. The minimum Gasteiger partial charge on any atom is -0.461 e. The van der Waals surface area contributed by atoms with Gasteiger partial charge in [0.05, 0.1) is 12.3 Å². The lowest BCUT2D eigenvalue weighted by Crippen LogP contribution is -2.24. The maximum absolute atomic E-state index is 11.5. The molecule has 0 spiro atoms. The van der Waals surface area contributed by atoms with E-state index in [0.717, 1.165) is 30.8 Å². The standard InChI is InChI=1S/C9H13N3O2/c1-2-14-9(13)8-6-3-4-10-5-7(6)11-12-8/h10H,2-5H2,1H3,(H,11,12). The lowest BCUT2D eigenvalue weighted by atomic mass is 10.1. The van der Waals surface area contributed by atoms with Crippen LogP contribution < -0.4 is 5.32 Å². The average Bonchev–Trinajstić information content (AvgIpc) is 2.61. The molecule has 2 N–H and O–H groups in total. The maximum Gasteiger partial charge on any atom is 0.356 e. The Hall–Kier alpha value is -1.36. The van der Waals surface area contributed by atoms with Crippen molar-refractivity contribution in [3.63, 3.8) is 0 Å². The molecule has 1 aromatic heterocycles. The molecule has 0 saturated heterocycles. The molecule has 2 heterocycles. The number of hydrogen-bond donors (Lipinski definition) is 2. The number of nitrogens with one attached hydrogen (secondary N) is 2. The molecule has 0 atom stereocenters. The molecule has 0 aliphatic carbocycles. The van der Waals surface area contributed by atoms with E-state index in [4.69, 9.17) is 4.74 Å². The Morgan fingerprint density at radius 2 is 2.50 bits per heavy atom. The van der Waals surface area contributed by atoms with Crippen LogP contribution in [0, 0.1) is 0 Å². The first-order valence-electron chi connectivity index (χ1n) is 4.77. The number of hydrogen-bond acceptors (Lipinski definition) is 4. The molecule has 0 amide bonds. The lowest BCUT2D eigenvalue weighted by Gasteiger charge is -2.11. The zero-order chi connectivity index (χ0) is 9.97. The van der Waals surface area contributed by atoms with Gasteiger partial charge in [0.25, 0.3) is 0 Å². The van der Waals surface area contributed by atoms with Crippen molar-refractivity contribution in [2.75, 3.05) is 13.2 Å². The fourth-order valence-corrected chi connectivity index (χ4v) is 1.61. The van der Waals surface area contributed by atoms with Crippen LogP contribution in [0.15, 0.2) is 0 Å². The van der Waals surface area contributed by atoms with Crippen LogP contribution >= 0.6 is 0 Å². The fraction of sp³-hybridized carbons (Fsp3) is 0.556. The van der Waals surface area contributed by atoms with Gasteiger partial charge in [-0.1, -0.05) is 0 Å². The molecule has 0 aromatic carbocycles. The third-order valence-electron chi connectivity index (χ3n) is 2.28. The number of aromatic amines is 1. The van der Waals surface area contributed by atoms with Crippen LogP contribution in [-0.4, -0.2) is 29.3 Å². The van der Waals surface area contributed by atoms with Crippen LogP contribution in [0.5, 0.6) is 0 Å². The fourth-order valence-electron chi connectivity index (χ4n) is 1.61. The van der Waals surface area contributed by atoms with Crippen LogP contribution in [0.1, 0.15) is 28.7 Å². The molecule has 1 aromatic rings. The number of aromatic nitrogens is 2. The second-order valence-electron chi connectivity index (χ2n) is 3.17. The van der Waals surface area contributed by atoms with Gasteiger partial charge in [0.2, 0.25) is 0 Å². The molecule has 1 aliphatic rings. The Kier molecular flexibility index (Phi) is 2.49. The molecule has 5 nitrogen and oxygen atoms in total. The summed E-state index contributed by atoms with van der Waals surface area (Å²) < 4.78 is 4.92. The highest BCUT2D eigenvalue weighted by Crippen LogP contribution is 2.15. The summed E-state index contributed by atoms with van der Waals surface area (Å²) in [7, 11) is 0. The quantitative estimate of drug-likeness (QED) is 0.663. The number of esters is 1. The van der Waals surface area contributed by atoms with Crippen LogP contribution in [0.3, 0.4) is 0 Å². The number of carbonyl (C=O) groups is 1. The predicted octanol–water partition coefficient (Wildman–Crippen LogP) is 0.232. The minimum atomic E-state index is -0.303. The zero-order valence-electron chi connectivity index (χ0n) is 8.09. The Balaban J connectivity index is 2.25. The first kappa shape index (κ1) is 9.21. The van der Waals surface area contributed by atoms with Crippen molar-refractivity contribution >= 4 is 5.97 Å². The van der Waals surface area contributed by atoms with Gasteiger partial charge < -0.3 is 10.1 Å². The average molecular weight is 195 g/mol. The summed E-state index contributed by atoms with van der Waals surface area (Å²) in [6.07, 6.45) is 0.833. The molecule has 0 fully saturated rings. The number of carbonyl (C=O) groups excluding carboxylic acids is 1. The smallest absolute Gasteiger partial charge is 0.356 e. The van der Waals surface area contributed by atoms with Crippen LogP contribution in [0.25, 0.3) is 0 Å². The van der Waals surface area contributed by atoms with Crippen molar-refractivity contribution < 1.29 is 9.53 Å².